The summed E-state index contributed by atoms with van der Waals surface area (Å²) in [6.45, 7) is 4.19. The predicted octanol–water partition coefficient (Wildman–Crippen LogP) is 3.29. The number of hydrogen-bond acceptors (Lipinski definition) is 3. The average molecular weight is 277 g/mol. The Morgan fingerprint density at radius 1 is 1.35 bits per heavy atom. The molecule has 20 heavy (non-hydrogen) atoms. The lowest BCUT2D eigenvalue weighted by Gasteiger charge is -2.26. The summed E-state index contributed by atoms with van der Waals surface area (Å²) in [5, 5.41) is 0. The lowest BCUT2D eigenvalue weighted by molar-refractivity contribution is 0.0597. The summed E-state index contributed by atoms with van der Waals surface area (Å²) in [7, 11) is 1.34. The van der Waals surface area contributed by atoms with E-state index in [2.05, 4.69) is 11.9 Å². The summed E-state index contributed by atoms with van der Waals surface area (Å²) < 4.78 is 4.76. The standard InChI is InChI=1S/C16H23NO3/c1-10-4-6-12(7-5-10)8-13-11(2)15(16(19)20-3)14(9-18)17-13/h9-10,12,17H,4-8H2,1-3H3. The van der Waals surface area contributed by atoms with E-state index < -0.39 is 5.97 Å². The number of carbonyl (C=O) groups excluding carboxylic acids is 2. The average Bonchev–Trinajstić information content (AvgIpc) is 2.77. The molecule has 1 aliphatic carbocycles. The van der Waals surface area contributed by atoms with Gasteiger partial charge in [-0.3, -0.25) is 4.79 Å². The zero-order valence-corrected chi connectivity index (χ0v) is 12.5. The molecule has 0 aliphatic heterocycles. The van der Waals surface area contributed by atoms with Crippen LogP contribution in [0.1, 0.15) is 64.7 Å². The van der Waals surface area contributed by atoms with Gasteiger partial charge in [-0.05, 0) is 43.6 Å². The summed E-state index contributed by atoms with van der Waals surface area (Å²) in [6.07, 6.45) is 6.61. The van der Waals surface area contributed by atoms with E-state index in [1.54, 1.807) is 0 Å². The molecule has 0 aromatic carbocycles. The Kier molecular flexibility index (Phi) is 4.63. The molecule has 2 rings (SSSR count). The van der Waals surface area contributed by atoms with Crippen LogP contribution in [-0.2, 0) is 11.2 Å². The number of carbonyl (C=O) groups is 2. The molecule has 1 aliphatic rings. The van der Waals surface area contributed by atoms with Gasteiger partial charge in [0, 0.05) is 5.69 Å². The molecule has 1 saturated carbocycles. The number of methoxy groups -OCH3 is 1. The summed E-state index contributed by atoms with van der Waals surface area (Å²) in [5.74, 6) is 1.03. The normalized spacial score (nSPS) is 22.6. The molecule has 0 bridgehead atoms. The summed E-state index contributed by atoms with van der Waals surface area (Å²) in [4.78, 5) is 26.0. The van der Waals surface area contributed by atoms with Crippen LogP contribution in [0.25, 0.3) is 0 Å². The van der Waals surface area contributed by atoms with Gasteiger partial charge in [-0.2, -0.15) is 0 Å². The lowest BCUT2D eigenvalue weighted by atomic mass is 9.80. The maximum Gasteiger partial charge on any atom is 0.340 e. The Balaban J connectivity index is 2.18. The van der Waals surface area contributed by atoms with E-state index in [9.17, 15) is 9.59 Å². The molecule has 110 valence electrons. The molecule has 1 aromatic rings. The van der Waals surface area contributed by atoms with Crippen molar-refractivity contribution in [2.45, 2.75) is 46.0 Å². The van der Waals surface area contributed by atoms with Crippen LogP contribution in [0, 0.1) is 18.8 Å². The van der Waals surface area contributed by atoms with Crippen molar-refractivity contribution in [3.05, 3.63) is 22.5 Å². The van der Waals surface area contributed by atoms with Crippen LogP contribution in [0.5, 0.6) is 0 Å². The van der Waals surface area contributed by atoms with Gasteiger partial charge in [0.05, 0.1) is 18.4 Å². The molecule has 0 unspecified atom stereocenters. The molecular weight excluding hydrogens is 254 g/mol. The predicted molar refractivity (Wildman–Crippen MR) is 77.1 cm³/mol. The molecule has 1 heterocycles. The van der Waals surface area contributed by atoms with E-state index in [1.165, 1.54) is 32.8 Å². The van der Waals surface area contributed by atoms with Gasteiger partial charge in [-0.15, -0.1) is 0 Å². The molecule has 1 N–H and O–H groups in total. The molecule has 0 spiro atoms. The first-order valence-electron chi connectivity index (χ1n) is 7.31. The highest BCUT2D eigenvalue weighted by Crippen LogP contribution is 2.32. The van der Waals surface area contributed by atoms with E-state index in [1.807, 2.05) is 6.92 Å². The number of aromatic nitrogens is 1. The highest BCUT2D eigenvalue weighted by Gasteiger charge is 2.24. The van der Waals surface area contributed by atoms with E-state index in [0.29, 0.717) is 23.5 Å². The number of nitrogens with one attached hydrogen (secondary N) is 1. The molecule has 0 saturated heterocycles. The molecular formula is C16H23NO3. The molecule has 4 nitrogen and oxygen atoms in total. The Labute approximate surface area is 119 Å². The van der Waals surface area contributed by atoms with Crippen molar-refractivity contribution in [3.63, 3.8) is 0 Å². The quantitative estimate of drug-likeness (QED) is 0.678. The van der Waals surface area contributed by atoms with E-state index >= 15 is 0 Å². The summed E-state index contributed by atoms with van der Waals surface area (Å²) in [5.41, 5.74) is 2.60. The van der Waals surface area contributed by atoms with Crippen molar-refractivity contribution in [2.24, 2.45) is 11.8 Å². The van der Waals surface area contributed by atoms with E-state index in [4.69, 9.17) is 4.74 Å². The maximum atomic E-state index is 11.8. The Bertz CT molecular complexity index is 496. The number of ether oxygens (including phenoxy) is 1. The first kappa shape index (κ1) is 14.8. The number of hydrogen-bond donors (Lipinski definition) is 1. The third-order valence-corrected chi connectivity index (χ3v) is 4.52. The number of aldehydes is 1. The van der Waals surface area contributed by atoms with Gasteiger partial charge in [-0.25, -0.2) is 4.79 Å². The monoisotopic (exact) mass is 277 g/mol. The fourth-order valence-corrected chi connectivity index (χ4v) is 3.15. The van der Waals surface area contributed by atoms with Crippen molar-refractivity contribution < 1.29 is 14.3 Å². The van der Waals surface area contributed by atoms with E-state index in [-0.39, 0.29) is 0 Å². The van der Waals surface area contributed by atoms with Crippen LogP contribution in [-0.4, -0.2) is 24.3 Å². The topological polar surface area (TPSA) is 59.2 Å². The number of aromatic amines is 1. The van der Waals surface area contributed by atoms with E-state index in [0.717, 1.165) is 23.6 Å². The largest absolute Gasteiger partial charge is 0.465 e. The summed E-state index contributed by atoms with van der Waals surface area (Å²) in [6, 6.07) is 0. The third kappa shape index (κ3) is 2.94. The van der Waals surface area contributed by atoms with Crippen molar-refractivity contribution >= 4 is 12.3 Å². The van der Waals surface area contributed by atoms with Crippen LogP contribution >= 0.6 is 0 Å². The van der Waals surface area contributed by atoms with Gasteiger partial charge < -0.3 is 9.72 Å². The highest BCUT2D eigenvalue weighted by molar-refractivity contribution is 5.99. The van der Waals surface area contributed by atoms with Crippen LogP contribution < -0.4 is 0 Å². The highest BCUT2D eigenvalue weighted by atomic mass is 16.5. The van der Waals surface area contributed by atoms with Crippen LogP contribution in [0.4, 0.5) is 0 Å². The molecule has 4 heteroatoms. The summed E-state index contributed by atoms with van der Waals surface area (Å²) >= 11 is 0. The molecule has 0 radical (unpaired) electrons. The van der Waals surface area contributed by atoms with Crippen molar-refractivity contribution in [2.75, 3.05) is 7.11 Å². The zero-order valence-electron chi connectivity index (χ0n) is 12.5. The third-order valence-electron chi connectivity index (χ3n) is 4.52. The number of rotatable bonds is 4. The zero-order chi connectivity index (χ0) is 14.7. The van der Waals surface area contributed by atoms with Crippen molar-refractivity contribution in [3.8, 4) is 0 Å². The minimum Gasteiger partial charge on any atom is -0.465 e. The lowest BCUT2D eigenvalue weighted by Crippen LogP contribution is -2.15. The Morgan fingerprint density at radius 2 is 2.00 bits per heavy atom. The number of esters is 1. The van der Waals surface area contributed by atoms with Gasteiger partial charge in [0.1, 0.15) is 0 Å². The second kappa shape index (κ2) is 6.25. The van der Waals surface area contributed by atoms with Gasteiger partial charge in [0.2, 0.25) is 0 Å². The van der Waals surface area contributed by atoms with Crippen LogP contribution in [0.3, 0.4) is 0 Å². The van der Waals surface area contributed by atoms with Crippen LogP contribution in [0.2, 0.25) is 0 Å². The van der Waals surface area contributed by atoms with Gasteiger partial charge in [0.15, 0.2) is 6.29 Å². The molecule has 1 aromatic heterocycles. The van der Waals surface area contributed by atoms with Crippen molar-refractivity contribution in [1.82, 2.24) is 4.98 Å². The number of H-pyrrole nitrogens is 1. The fraction of sp³-hybridized carbons (Fsp3) is 0.625. The van der Waals surface area contributed by atoms with Gasteiger partial charge in [0.25, 0.3) is 0 Å². The van der Waals surface area contributed by atoms with Crippen molar-refractivity contribution in [1.29, 1.82) is 0 Å². The first-order chi connectivity index (χ1) is 9.56. The minimum atomic E-state index is -0.440. The fourth-order valence-electron chi connectivity index (χ4n) is 3.15. The molecule has 0 amide bonds. The smallest absolute Gasteiger partial charge is 0.340 e. The first-order valence-corrected chi connectivity index (χ1v) is 7.31. The second-order valence-electron chi connectivity index (χ2n) is 5.96. The minimum absolute atomic E-state index is 0.341. The Hall–Kier alpha value is -1.58. The van der Waals surface area contributed by atoms with Crippen LogP contribution in [0.15, 0.2) is 0 Å². The maximum absolute atomic E-state index is 11.8. The SMILES string of the molecule is COC(=O)c1c(C=O)[nH]c(CC2CCC(C)CC2)c1C. The van der Waals surface area contributed by atoms with Gasteiger partial charge in [-0.1, -0.05) is 19.8 Å². The Morgan fingerprint density at radius 3 is 2.55 bits per heavy atom. The molecule has 0 atom stereocenters. The van der Waals surface area contributed by atoms with Gasteiger partial charge >= 0.3 is 5.97 Å². The molecule has 1 fully saturated rings. The second-order valence-corrected chi connectivity index (χ2v) is 5.96.